The fourth-order valence-electron chi connectivity index (χ4n) is 2.11. The van der Waals surface area contributed by atoms with Gasteiger partial charge in [-0.3, -0.25) is 0 Å². The monoisotopic (exact) mass is 324 g/mol. The minimum Gasteiger partial charge on any atom is -0.360 e. The summed E-state index contributed by atoms with van der Waals surface area (Å²) in [6.45, 7) is 2.92. The van der Waals surface area contributed by atoms with Gasteiger partial charge in [0.25, 0.3) is 0 Å². The lowest BCUT2D eigenvalue weighted by Crippen LogP contribution is -2.19. The first-order chi connectivity index (χ1) is 10.9. The lowest BCUT2D eigenvalue weighted by molar-refractivity contribution is -0.136. The first-order valence-electron chi connectivity index (χ1n) is 7.38. The third kappa shape index (κ3) is 4.58. The van der Waals surface area contributed by atoms with E-state index < -0.39 is 11.7 Å². The Morgan fingerprint density at radius 2 is 1.91 bits per heavy atom. The average Bonchev–Trinajstić information content (AvgIpc) is 2.52. The van der Waals surface area contributed by atoms with Gasteiger partial charge in [0.15, 0.2) is 0 Å². The lowest BCUT2D eigenvalue weighted by atomic mass is 10.1. The van der Waals surface area contributed by atoms with E-state index >= 15 is 0 Å². The minimum absolute atomic E-state index is 0.0270. The van der Waals surface area contributed by atoms with Gasteiger partial charge in [0, 0.05) is 19.7 Å². The zero-order valence-electron chi connectivity index (χ0n) is 13.1. The van der Waals surface area contributed by atoms with Crippen LogP contribution < -0.4 is 10.2 Å². The topological polar surface area (TPSA) is 41.0 Å². The molecule has 0 aliphatic heterocycles. The molecule has 7 heteroatoms. The van der Waals surface area contributed by atoms with Crippen LogP contribution in [0.15, 0.2) is 36.7 Å². The first-order valence-corrected chi connectivity index (χ1v) is 7.38. The Morgan fingerprint density at radius 3 is 2.61 bits per heavy atom. The summed E-state index contributed by atoms with van der Waals surface area (Å²) >= 11 is 0. The number of nitrogens with one attached hydrogen (secondary N) is 1. The molecule has 1 N–H and O–H groups in total. The Morgan fingerprint density at radius 1 is 1.17 bits per heavy atom. The molecule has 1 aromatic heterocycles. The number of alkyl halides is 3. The van der Waals surface area contributed by atoms with E-state index in [4.69, 9.17) is 0 Å². The molecular formula is C16H19F3N4. The molecule has 0 amide bonds. The largest absolute Gasteiger partial charge is 0.418 e. The van der Waals surface area contributed by atoms with Crippen molar-refractivity contribution in [2.45, 2.75) is 25.9 Å². The van der Waals surface area contributed by atoms with Crippen molar-refractivity contribution >= 4 is 17.3 Å². The number of para-hydroxylation sites is 1. The number of unbranched alkanes of at least 4 members (excludes halogenated alkanes) is 1. The highest BCUT2D eigenvalue weighted by Gasteiger charge is 2.33. The van der Waals surface area contributed by atoms with Crippen LogP contribution in [0, 0.1) is 0 Å². The van der Waals surface area contributed by atoms with Crippen LogP contribution in [0.3, 0.4) is 0 Å². The third-order valence-corrected chi connectivity index (χ3v) is 3.39. The molecule has 2 rings (SSSR count). The van der Waals surface area contributed by atoms with Gasteiger partial charge in [0.1, 0.15) is 18.0 Å². The first kappa shape index (κ1) is 17.1. The molecule has 124 valence electrons. The van der Waals surface area contributed by atoms with Crippen LogP contribution in [-0.2, 0) is 6.18 Å². The van der Waals surface area contributed by atoms with Gasteiger partial charge in [-0.1, -0.05) is 25.5 Å². The van der Waals surface area contributed by atoms with Crippen molar-refractivity contribution in [1.82, 2.24) is 9.97 Å². The highest BCUT2D eigenvalue weighted by Crippen LogP contribution is 2.35. The van der Waals surface area contributed by atoms with E-state index in [1.807, 2.05) is 11.9 Å². The summed E-state index contributed by atoms with van der Waals surface area (Å²) in [5, 5.41) is 2.73. The van der Waals surface area contributed by atoms with Crippen LogP contribution in [0.2, 0.25) is 0 Å². The number of benzene rings is 1. The molecule has 0 atom stereocenters. The van der Waals surface area contributed by atoms with Crippen molar-refractivity contribution in [3.8, 4) is 0 Å². The lowest BCUT2D eigenvalue weighted by Gasteiger charge is -2.19. The van der Waals surface area contributed by atoms with Crippen LogP contribution >= 0.6 is 0 Å². The normalized spacial score (nSPS) is 11.3. The summed E-state index contributed by atoms with van der Waals surface area (Å²) in [4.78, 5) is 10.1. The van der Waals surface area contributed by atoms with Gasteiger partial charge in [0.05, 0.1) is 11.3 Å². The predicted octanol–water partition coefficient (Wildman–Crippen LogP) is 4.48. The number of nitrogens with zero attached hydrogens (tertiary/aromatic N) is 3. The molecule has 0 spiro atoms. The molecule has 0 aliphatic carbocycles. The molecule has 23 heavy (non-hydrogen) atoms. The molecule has 1 aromatic carbocycles. The molecule has 0 bridgehead atoms. The van der Waals surface area contributed by atoms with Gasteiger partial charge in [-0.15, -0.1) is 0 Å². The molecule has 0 radical (unpaired) electrons. The van der Waals surface area contributed by atoms with Crippen molar-refractivity contribution in [1.29, 1.82) is 0 Å². The molecule has 0 saturated heterocycles. The van der Waals surface area contributed by atoms with Crippen molar-refractivity contribution in [3.63, 3.8) is 0 Å². The predicted molar refractivity (Wildman–Crippen MR) is 84.9 cm³/mol. The quantitative estimate of drug-likeness (QED) is 0.851. The molecule has 1 heterocycles. The number of anilines is 3. The number of hydrogen-bond acceptors (Lipinski definition) is 4. The van der Waals surface area contributed by atoms with Gasteiger partial charge in [-0.2, -0.15) is 13.2 Å². The molecule has 0 aliphatic rings. The number of aromatic nitrogens is 2. The maximum atomic E-state index is 13.0. The number of hydrogen-bond donors (Lipinski definition) is 1. The van der Waals surface area contributed by atoms with E-state index in [2.05, 4.69) is 22.2 Å². The second-order valence-electron chi connectivity index (χ2n) is 5.20. The molecule has 0 saturated carbocycles. The summed E-state index contributed by atoms with van der Waals surface area (Å²) in [6.07, 6.45) is -1.01. The smallest absolute Gasteiger partial charge is 0.360 e. The fourth-order valence-corrected chi connectivity index (χ4v) is 2.11. The van der Waals surface area contributed by atoms with Gasteiger partial charge in [0.2, 0.25) is 0 Å². The molecule has 0 fully saturated rings. The Bertz CT molecular complexity index is 643. The summed E-state index contributed by atoms with van der Waals surface area (Å²) in [6, 6.07) is 6.97. The van der Waals surface area contributed by atoms with E-state index in [1.54, 1.807) is 12.1 Å². The van der Waals surface area contributed by atoms with Crippen LogP contribution in [0.4, 0.5) is 30.5 Å². The highest BCUT2D eigenvalue weighted by molar-refractivity contribution is 5.63. The Kier molecular flexibility index (Phi) is 5.41. The number of rotatable bonds is 6. The molecular weight excluding hydrogens is 305 g/mol. The highest BCUT2D eigenvalue weighted by atomic mass is 19.4. The summed E-state index contributed by atoms with van der Waals surface area (Å²) in [5.74, 6) is 0.996. The number of halogens is 3. The SMILES string of the molecule is CCCCN(C)c1cc(Nc2ccccc2C(F)(F)F)ncn1. The van der Waals surface area contributed by atoms with Gasteiger partial charge >= 0.3 is 6.18 Å². The Labute approximate surface area is 133 Å². The van der Waals surface area contributed by atoms with Gasteiger partial charge in [-0.05, 0) is 18.6 Å². The second kappa shape index (κ2) is 7.30. The summed E-state index contributed by atoms with van der Waals surface area (Å²) in [7, 11) is 1.89. The van der Waals surface area contributed by atoms with E-state index in [1.165, 1.54) is 18.5 Å². The van der Waals surface area contributed by atoms with E-state index in [-0.39, 0.29) is 5.69 Å². The van der Waals surface area contributed by atoms with Crippen LogP contribution in [0.25, 0.3) is 0 Å². The van der Waals surface area contributed by atoms with Crippen molar-refractivity contribution in [2.75, 3.05) is 23.8 Å². The average molecular weight is 324 g/mol. The third-order valence-electron chi connectivity index (χ3n) is 3.39. The van der Waals surface area contributed by atoms with Crippen LogP contribution in [0.5, 0.6) is 0 Å². The van der Waals surface area contributed by atoms with Crippen LogP contribution in [-0.4, -0.2) is 23.6 Å². The Balaban J connectivity index is 2.22. The zero-order chi connectivity index (χ0) is 16.9. The maximum Gasteiger partial charge on any atom is 0.418 e. The standard InChI is InChI=1S/C16H19F3N4/c1-3-4-9-23(2)15-10-14(20-11-21-15)22-13-8-6-5-7-12(13)16(17,18)19/h5-8,10-11H,3-4,9H2,1-2H3,(H,20,21,22). The van der Waals surface area contributed by atoms with Crippen molar-refractivity contribution in [2.24, 2.45) is 0 Å². The zero-order valence-corrected chi connectivity index (χ0v) is 13.1. The van der Waals surface area contributed by atoms with Crippen molar-refractivity contribution < 1.29 is 13.2 Å². The minimum atomic E-state index is -4.42. The van der Waals surface area contributed by atoms with E-state index in [0.717, 1.165) is 25.5 Å². The van der Waals surface area contributed by atoms with Crippen molar-refractivity contribution in [3.05, 3.63) is 42.2 Å². The van der Waals surface area contributed by atoms with E-state index in [9.17, 15) is 13.2 Å². The molecule has 2 aromatic rings. The van der Waals surface area contributed by atoms with Gasteiger partial charge in [-0.25, -0.2) is 9.97 Å². The van der Waals surface area contributed by atoms with Crippen LogP contribution in [0.1, 0.15) is 25.3 Å². The molecule has 0 unspecified atom stereocenters. The Hall–Kier alpha value is -2.31. The molecule has 4 nitrogen and oxygen atoms in total. The maximum absolute atomic E-state index is 13.0. The van der Waals surface area contributed by atoms with E-state index in [0.29, 0.717) is 11.6 Å². The summed E-state index contributed by atoms with van der Waals surface area (Å²) in [5.41, 5.74) is -0.750. The summed E-state index contributed by atoms with van der Waals surface area (Å²) < 4.78 is 39.1. The van der Waals surface area contributed by atoms with Gasteiger partial charge < -0.3 is 10.2 Å². The second-order valence-corrected chi connectivity index (χ2v) is 5.20. The fraction of sp³-hybridized carbons (Fsp3) is 0.375.